The van der Waals surface area contributed by atoms with Crippen molar-refractivity contribution in [3.8, 4) is 0 Å². The highest BCUT2D eigenvalue weighted by Crippen LogP contribution is 2.23. The van der Waals surface area contributed by atoms with E-state index in [0.29, 0.717) is 10.0 Å². The fraction of sp³-hybridized carbons (Fsp3) is 0.0714. The first-order valence-corrected chi connectivity index (χ1v) is 6.00. The van der Waals surface area contributed by atoms with E-state index in [4.69, 9.17) is 23.2 Å². The van der Waals surface area contributed by atoms with Gasteiger partial charge in [-0.3, -0.25) is 0 Å². The first-order chi connectivity index (χ1) is 8.16. The van der Waals surface area contributed by atoms with Gasteiger partial charge in [0.05, 0.1) is 10.0 Å². The molecule has 0 saturated carbocycles. The smallest absolute Gasteiger partial charge is 0.204 e. The molecule has 0 unspecified atom stereocenters. The third kappa shape index (κ3) is 3.97. The molecule has 2 aromatic rings. The largest absolute Gasteiger partial charge is 1.00 e. The average Bonchev–Trinajstić information content (AvgIpc) is 2.32. The van der Waals surface area contributed by atoms with Gasteiger partial charge < -0.3 is 24.0 Å². The quantitative estimate of drug-likeness (QED) is 0.531. The normalized spacial score (nSPS) is 10.4. The van der Waals surface area contributed by atoms with Crippen LogP contribution in [0.5, 0.6) is 0 Å². The van der Waals surface area contributed by atoms with Crippen LogP contribution in [0.2, 0.25) is 10.0 Å². The highest BCUT2D eigenvalue weighted by Gasteiger charge is 2.00. The molecule has 0 bridgehead atoms. The number of pyridine rings is 1. The van der Waals surface area contributed by atoms with Gasteiger partial charge in [-0.05, 0) is 29.8 Å². The maximum Gasteiger partial charge on any atom is 0.204 e. The fourth-order valence-electron chi connectivity index (χ4n) is 1.51. The summed E-state index contributed by atoms with van der Waals surface area (Å²) in [6.45, 7) is 0. The Balaban J connectivity index is 0.00000162. The Morgan fingerprint density at radius 2 is 1.78 bits per heavy atom. The molecule has 1 aromatic heterocycles. The van der Waals surface area contributed by atoms with Crippen molar-refractivity contribution in [3.63, 3.8) is 0 Å². The Bertz CT molecular complexity index is 567. The molecule has 0 saturated heterocycles. The Morgan fingerprint density at radius 3 is 2.44 bits per heavy atom. The van der Waals surface area contributed by atoms with Crippen LogP contribution in [0.1, 0.15) is 11.3 Å². The average molecular weight is 392 g/mol. The summed E-state index contributed by atoms with van der Waals surface area (Å²) in [5.74, 6) is 0. The molecule has 0 aliphatic carbocycles. The maximum atomic E-state index is 5.96. The van der Waals surface area contributed by atoms with Gasteiger partial charge in [0.1, 0.15) is 7.05 Å². The predicted molar refractivity (Wildman–Crippen MR) is 73.0 cm³/mol. The molecule has 2 rings (SSSR count). The Hall–Kier alpha value is -0.580. The number of halogens is 3. The second-order valence-corrected chi connectivity index (χ2v) is 4.56. The second-order valence-electron chi connectivity index (χ2n) is 3.74. The predicted octanol–water partition coefficient (Wildman–Crippen LogP) is 0.992. The van der Waals surface area contributed by atoms with Crippen molar-refractivity contribution < 1.29 is 28.5 Å². The first-order valence-electron chi connectivity index (χ1n) is 5.24. The van der Waals surface area contributed by atoms with E-state index in [2.05, 4.69) is 0 Å². The van der Waals surface area contributed by atoms with Crippen LogP contribution in [-0.2, 0) is 7.05 Å². The summed E-state index contributed by atoms with van der Waals surface area (Å²) in [5.41, 5.74) is 2.15. The van der Waals surface area contributed by atoms with E-state index in [1.165, 1.54) is 0 Å². The van der Waals surface area contributed by atoms with E-state index in [9.17, 15) is 0 Å². The third-order valence-electron chi connectivity index (χ3n) is 2.49. The molecule has 1 aromatic carbocycles. The lowest BCUT2D eigenvalue weighted by Gasteiger charge is -1.97. The summed E-state index contributed by atoms with van der Waals surface area (Å²) in [5, 5.41) is 1.15. The van der Waals surface area contributed by atoms with Crippen molar-refractivity contribution in [2.24, 2.45) is 7.05 Å². The van der Waals surface area contributed by atoms with Crippen molar-refractivity contribution in [1.82, 2.24) is 0 Å². The minimum Gasteiger partial charge on any atom is -1.00 e. The Morgan fingerprint density at radius 1 is 1.00 bits per heavy atom. The van der Waals surface area contributed by atoms with Crippen LogP contribution in [-0.4, -0.2) is 0 Å². The van der Waals surface area contributed by atoms with Gasteiger partial charge in [0, 0.05) is 18.2 Å². The molecule has 1 nitrogen and oxygen atoms in total. The molecular weight excluding hydrogens is 380 g/mol. The number of rotatable bonds is 2. The summed E-state index contributed by atoms with van der Waals surface area (Å²) >= 11 is 11.8. The topological polar surface area (TPSA) is 3.88 Å². The number of nitrogens with zero attached hydrogens (tertiary/aromatic N) is 1. The van der Waals surface area contributed by atoms with E-state index in [0.717, 1.165) is 11.3 Å². The van der Waals surface area contributed by atoms with Crippen molar-refractivity contribution >= 4 is 35.4 Å². The second kappa shape index (κ2) is 7.12. The third-order valence-corrected chi connectivity index (χ3v) is 3.22. The molecular formula is C14H12Cl2IN. The molecule has 0 aliphatic heterocycles. The van der Waals surface area contributed by atoms with Crippen LogP contribution in [0.25, 0.3) is 12.2 Å². The zero-order valence-electron chi connectivity index (χ0n) is 9.78. The van der Waals surface area contributed by atoms with Crippen molar-refractivity contribution in [3.05, 3.63) is 63.9 Å². The standard InChI is InChI=1S/C14H12Cl2N.HI/c1-17-9-3-2-4-12(17)7-5-11-6-8-13(15)14(16)10-11;/h2-10H,1H3;1H/q+1;/p-1/b7-5+;. The number of aryl methyl sites for hydroxylation is 1. The zero-order chi connectivity index (χ0) is 12.3. The lowest BCUT2D eigenvalue weighted by atomic mass is 10.2. The summed E-state index contributed by atoms with van der Waals surface area (Å²) < 4.78 is 2.05. The highest BCUT2D eigenvalue weighted by atomic mass is 127. The molecule has 0 atom stereocenters. The minimum atomic E-state index is 0. The van der Waals surface area contributed by atoms with Crippen LogP contribution in [0.15, 0.2) is 42.6 Å². The summed E-state index contributed by atoms with van der Waals surface area (Å²) in [4.78, 5) is 0. The SMILES string of the molecule is C[n+]1ccccc1/C=C/c1ccc(Cl)c(Cl)c1.[I-]. The van der Waals surface area contributed by atoms with Crippen molar-refractivity contribution in [1.29, 1.82) is 0 Å². The van der Waals surface area contributed by atoms with Gasteiger partial charge in [0.25, 0.3) is 0 Å². The lowest BCUT2D eigenvalue weighted by Crippen LogP contribution is -3.00. The molecule has 0 amide bonds. The van der Waals surface area contributed by atoms with Gasteiger partial charge in [-0.25, -0.2) is 4.57 Å². The number of hydrogen-bond acceptors (Lipinski definition) is 0. The van der Waals surface area contributed by atoms with Gasteiger partial charge in [-0.2, -0.15) is 0 Å². The molecule has 1 heterocycles. The summed E-state index contributed by atoms with van der Waals surface area (Å²) in [7, 11) is 2.01. The van der Waals surface area contributed by atoms with Gasteiger partial charge in [-0.15, -0.1) is 0 Å². The van der Waals surface area contributed by atoms with Crippen LogP contribution < -0.4 is 28.5 Å². The van der Waals surface area contributed by atoms with E-state index in [1.54, 1.807) is 6.07 Å². The monoisotopic (exact) mass is 391 g/mol. The van der Waals surface area contributed by atoms with Crippen LogP contribution in [0, 0.1) is 0 Å². The van der Waals surface area contributed by atoms with Crippen LogP contribution >= 0.6 is 23.2 Å². The Kier molecular flexibility index (Phi) is 6.12. The van der Waals surface area contributed by atoms with Gasteiger partial charge in [0.15, 0.2) is 6.20 Å². The molecule has 0 fully saturated rings. The minimum absolute atomic E-state index is 0. The highest BCUT2D eigenvalue weighted by molar-refractivity contribution is 6.42. The van der Waals surface area contributed by atoms with Crippen molar-refractivity contribution in [2.75, 3.05) is 0 Å². The molecule has 0 aliphatic rings. The van der Waals surface area contributed by atoms with E-state index in [1.807, 2.05) is 60.3 Å². The van der Waals surface area contributed by atoms with Crippen molar-refractivity contribution in [2.45, 2.75) is 0 Å². The summed E-state index contributed by atoms with van der Waals surface area (Å²) in [6, 6.07) is 11.6. The van der Waals surface area contributed by atoms with Gasteiger partial charge in [0.2, 0.25) is 5.69 Å². The molecule has 94 valence electrons. The molecule has 0 spiro atoms. The number of aromatic nitrogens is 1. The van der Waals surface area contributed by atoms with E-state index in [-0.39, 0.29) is 24.0 Å². The lowest BCUT2D eigenvalue weighted by molar-refractivity contribution is -0.673. The van der Waals surface area contributed by atoms with Gasteiger partial charge in [-0.1, -0.05) is 29.3 Å². The fourth-order valence-corrected chi connectivity index (χ4v) is 1.81. The maximum absolute atomic E-state index is 5.96. The van der Waals surface area contributed by atoms with Gasteiger partial charge >= 0.3 is 0 Å². The molecule has 0 radical (unpaired) electrons. The molecule has 18 heavy (non-hydrogen) atoms. The zero-order valence-corrected chi connectivity index (χ0v) is 13.4. The first kappa shape index (κ1) is 15.5. The number of hydrogen-bond donors (Lipinski definition) is 0. The Labute approximate surface area is 134 Å². The molecule has 0 N–H and O–H groups in total. The van der Waals surface area contributed by atoms with E-state index >= 15 is 0 Å². The van der Waals surface area contributed by atoms with E-state index < -0.39 is 0 Å². The van der Waals surface area contributed by atoms with Crippen LogP contribution in [0.3, 0.4) is 0 Å². The molecule has 4 heteroatoms. The number of benzene rings is 1. The van der Waals surface area contributed by atoms with Crippen LogP contribution in [0.4, 0.5) is 0 Å². The summed E-state index contributed by atoms with van der Waals surface area (Å²) in [6.07, 6.45) is 6.06.